The van der Waals surface area contributed by atoms with E-state index in [1.165, 1.54) is 0 Å². The van der Waals surface area contributed by atoms with E-state index in [1.54, 1.807) is 24.3 Å². The van der Waals surface area contributed by atoms with Crippen LogP contribution in [0, 0.1) is 5.92 Å². The predicted molar refractivity (Wildman–Crippen MR) is 96.0 cm³/mol. The van der Waals surface area contributed by atoms with Gasteiger partial charge in [0.25, 0.3) is 5.91 Å². The Kier molecular flexibility index (Phi) is 7.72. The molecule has 0 aliphatic heterocycles. The Labute approximate surface area is 157 Å². The maximum atomic E-state index is 11.8. The van der Waals surface area contributed by atoms with Crippen molar-refractivity contribution in [2.45, 2.75) is 38.6 Å². The lowest BCUT2D eigenvalue weighted by atomic mass is 9.86. The average molecular weight is 383 g/mol. The monoisotopic (exact) mass is 382 g/mol. The Hall–Kier alpha value is -2.28. The summed E-state index contributed by atoms with van der Waals surface area (Å²) in [6, 6.07) is 5.97. The van der Waals surface area contributed by atoms with Gasteiger partial charge < -0.3 is 14.8 Å². The largest absolute Gasteiger partial charge is 0.482 e. The van der Waals surface area contributed by atoms with Gasteiger partial charge in [0.15, 0.2) is 13.2 Å². The third-order valence-corrected chi connectivity index (χ3v) is 4.47. The van der Waals surface area contributed by atoms with Gasteiger partial charge in [-0.25, -0.2) is 9.59 Å². The molecule has 2 atom stereocenters. The molecule has 0 radical (unpaired) electrons. The Morgan fingerprint density at radius 2 is 1.81 bits per heavy atom. The Bertz CT molecular complexity index is 635. The molecular weight excluding hydrogens is 360 g/mol. The highest BCUT2D eigenvalue weighted by Crippen LogP contribution is 2.23. The molecule has 2 rings (SSSR count). The number of carbonyl (C=O) groups excluding carboxylic acids is 3. The number of halogens is 1. The fourth-order valence-corrected chi connectivity index (χ4v) is 2.88. The zero-order valence-electron chi connectivity index (χ0n) is 14.6. The van der Waals surface area contributed by atoms with Gasteiger partial charge in [0.2, 0.25) is 0 Å². The van der Waals surface area contributed by atoms with Crippen LogP contribution < -0.4 is 15.4 Å². The summed E-state index contributed by atoms with van der Waals surface area (Å²) in [4.78, 5) is 35.1. The minimum absolute atomic E-state index is 0.0619. The van der Waals surface area contributed by atoms with Crippen molar-refractivity contribution in [3.8, 4) is 5.75 Å². The molecule has 0 unspecified atom stereocenters. The minimum atomic E-state index is -0.712. The molecule has 7 nitrogen and oxygen atoms in total. The summed E-state index contributed by atoms with van der Waals surface area (Å²) in [7, 11) is 0. The SMILES string of the molecule is C[C@H]1CCCC[C@H]1NC(=O)NC(=O)COC(=O)COc1ccc(Cl)cc1. The van der Waals surface area contributed by atoms with Crippen molar-refractivity contribution in [2.24, 2.45) is 5.92 Å². The second-order valence-corrected chi connectivity index (χ2v) is 6.73. The summed E-state index contributed by atoms with van der Waals surface area (Å²) in [6.07, 6.45) is 4.19. The van der Waals surface area contributed by atoms with Crippen LogP contribution in [0.4, 0.5) is 4.79 Å². The molecule has 2 N–H and O–H groups in total. The van der Waals surface area contributed by atoms with E-state index in [0.29, 0.717) is 16.7 Å². The van der Waals surface area contributed by atoms with Crippen LogP contribution in [0.3, 0.4) is 0 Å². The smallest absolute Gasteiger partial charge is 0.344 e. The van der Waals surface area contributed by atoms with E-state index in [-0.39, 0.29) is 12.6 Å². The summed E-state index contributed by atoms with van der Waals surface area (Å²) in [5, 5.41) is 5.51. The van der Waals surface area contributed by atoms with Gasteiger partial charge in [0.05, 0.1) is 0 Å². The van der Waals surface area contributed by atoms with E-state index >= 15 is 0 Å². The first-order valence-corrected chi connectivity index (χ1v) is 8.96. The molecule has 8 heteroatoms. The van der Waals surface area contributed by atoms with Gasteiger partial charge in [-0.3, -0.25) is 10.1 Å². The number of hydrogen-bond acceptors (Lipinski definition) is 5. The van der Waals surface area contributed by atoms with Gasteiger partial charge in [0.1, 0.15) is 5.75 Å². The van der Waals surface area contributed by atoms with E-state index in [0.717, 1.165) is 25.7 Å². The van der Waals surface area contributed by atoms with Crippen molar-refractivity contribution >= 4 is 29.5 Å². The van der Waals surface area contributed by atoms with Crippen molar-refractivity contribution in [1.29, 1.82) is 0 Å². The second kappa shape index (κ2) is 10.0. The zero-order valence-corrected chi connectivity index (χ0v) is 15.4. The first-order chi connectivity index (χ1) is 12.4. The molecule has 1 saturated carbocycles. The molecular formula is C18H23ClN2O5. The third-order valence-electron chi connectivity index (χ3n) is 4.22. The van der Waals surface area contributed by atoms with Crippen LogP contribution in [-0.4, -0.2) is 37.2 Å². The maximum Gasteiger partial charge on any atom is 0.344 e. The molecule has 0 aromatic heterocycles. The number of ether oxygens (including phenoxy) is 2. The Balaban J connectivity index is 1.63. The van der Waals surface area contributed by atoms with E-state index in [4.69, 9.17) is 21.1 Å². The molecule has 1 aliphatic rings. The number of hydrogen-bond donors (Lipinski definition) is 2. The lowest BCUT2D eigenvalue weighted by molar-refractivity contribution is -0.150. The fourth-order valence-electron chi connectivity index (χ4n) is 2.76. The first-order valence-electron chi connectivity index (χ1n) is 8.58. The molecule has 1 aliphatic carbocycles. The standard InChI is InChI=1S/C18H23ClN2O5/c1-12-4-2-3-5-15(12)20-18(24)21-16(22)10-26-17(23)11-25-14-8-6-13(19)7-9-14/h6-9,12,15H,2-5,10-11H2,1H3,(H2,20,21,22,24)/t12-,15+/m0/s1. The van der Waals surface area contributed by atoms with Crippen LogP contribution in [0.1, 0.15) is 32.6 Å². The van der Waals surface area contributed by atoms with E-state index in [1.807, 2.05) is 0 Å². The molecule has 1 aromatic carbocycles. The number of esters is 1. The van der Waals surface area contributed by atoms with Crippen LogP contribution in [0.5, 0.6) is 5.75 Å². The summed E-state index contributed by atoms with van der Waals surface area (Å²) >= 11 is 5.75. The van der Waals surface area contributed by atoms with Crippen molar-refractivity contribution in [3.05, 3.63) is 29.3 Å². The highest BCUT2D eigenvalue weighted by Gasteiger charge is 2.23. The summed E-state index contributed by atoms with van der Waals surface area (Å²) < 4.78 is 9.98. The zero-order chi connectivity index (χ0) is 18.9. The summed E-state index contributed by atoms with van der Waals surface area (Å²) in [5.74, 6) is -0.563. The number of nitrogens with one attached hydrogen (secondary N) is 2. The number of amides is 3. The summed E-state index contributed by atoms with van der Waals surface area (Å²) in [6.45, 7) is 1.19. The first kappa shape index (κ1) is 20.0. The average Bonchev–Trinajstić information content (AvgIpc) is 2.61. The third kappa shape index (κ3) is 6.92. The normalized spacial score (nSPS) is 19.3. The van der Waals surface area contributed by atoms with Gasteiger partial charge in [-0.15, -0.1) is 0 Å². The highest BCUT2D eigenvalue weighted by molar-refractivity contribution is 6.30. The lowest BCUT2D eigenvalue weighted by Crippen LogP contribution is -2.48. The quantitative estimate of drug-likeness (QED) is 0.738. The van der Waals surface area contributed by atoms with E-state index in [2.05, 4.69) is 17.6 Å². The molecule has 0 bridgehead atoms. The number of imide groups is 1. The minimum Gasteiger partial charge on any atom is -0.482 e. The molecule has 3 amide bonds. The van der Waals surface area contributed by atoms with Crippen molar-refractivity contribution < 1.29 is 23.9 Å². The van der Waals surface area contributed by atoms with Gasteiger partial charge in [0, 0.05) is 11.1 Å². The van der Waals surface area contributed by atoms with Gasteiger partial charge in [-0.05, 0) is 43.0 Å². The summed E-state index contributed by atoms with van der Waals surface area (Å²) in [5.41, 5.74) is 0. The predicted octanol–water partition coefficient (Wildman–Crippen LogP) is 2.67. The molecule has 0 spiro atoms. The topological polar surface area (TPSA) is 93.7 Å². The van der Waals surface area contributed by atoms with Crippen molar-refractivity contribution in [3.63, 3.8) is 0 Å². The Morgan fingerprint density at radius 1 is 1.12 bits per heavy atom. The number of urea groups is 1. The number of rotatable bonds is 6. The molecule has 0 saturated heterocycles. The molecule has 142 valence electrons. The van der Waals surface area contributed by atoms with Crippen LogP contribution >= 0.6 is 11.6 Å². The highest BCUT2D eigenvalue weighted by atomic mass is 35.5. The van der Waals surface area contributed by atoms with Crippen LogP contribution in [0.2, 0.25) is 5.02 Å². The lowest BCUT2D eigenvalue weighted by Gasteiger charge is -2.29. The van der Waals surface area contributed by atoms with Crippen LogP contribution in [0.15, 0.2) is 24.3 Å². The second-order valence-electron chi connectivity index (χ2n) is 6.29. The fraction of sp³-hybridized carbons (Fsp3) is 0.500. The van der Waals surface area contributed by atoms with E-state index in [9.17, 15) is 14.4 Å². The van der Waals surface area contributed by atoms with Crippen molar-refractivity contribution in [1.82, 2.24) is 10.6 Å². The van der Waals surface area contributed by atoms with Crippen molar-refractivity contribution in [2.75, 3.05) is 13.2 Å². The van der Waals surface area contributed by atoms with Crippen LogP contribution in [0.25, 0.3) is 0 Å². The Morgan fingerprint density at radius 3 is 2.50 bits per heavy atom. The van der Waals surface area contributed by atoms with Gasteiger partial charge in [-0.2, -0.15) is 0 Å². The van der Waals surface area contributed by atoms with Gasteiger partial charge in [-0.1, -0.05) is 31.4 Å². The number of carbonyl (C=O) groups is 3. The molecule has 0 heterocycles. The molecule has 26 heavy (non-hydrogen) atoms. The van der Waals surface area contributed by atoms with Crippen LogP contribution in [-0.2, 0) is 14.3 Å². The van der Waals surface area contributed by atoms with Gasteiger partial charge >= 0.3 is 12.0 Å². The molecule has 1 fully saturated rings. The molecule has 1 aromatic rings. The maximum absolute atomic E-state index is 11.8. The van der Waals surface area contributed by atoms with E-state index < -0.39 is 24.5 Å². The number of benzene rings is 1.